The van der Waals surface area contributed by atoms with Crippen molar-refractivity contribution in [2.24, 2.45) is 0 Å². The number of likely N-dealkylation sites (tertiary alicyclic amines) is 1. The van der Waals surface area contributed by atoms with Crippen molar-refractivity contribution >= 4 is 29.2 Å². The van der Waals surface area contributed by atoms with Crippen molar-refractivity contribution in [1.82, 2.24) is 15.2 Å². The van der Waals surface area contributed by atoms with Crippen molar-refractivity contribution in [1.29, 1.82) is 0 Å². The molecule has 1 aromatic rings. The van der Waals surface area contributed by atoms with Gasteiger partial charge in [-0.05, 0) is 38.1 Å². The molecule has 7 heteroatoms. The molecule has 0 aromatic carbocycles. The number of nitrogens with one attached hydrogen (secondary N) is 2. The summed E-state index contributed by atoms with van der Waals surface area (Å²) in [5, 5.41) is 5.58. The minimum absolute atomic E-state index is 0.301. The molecule has 0 saturated carbocycles. The molecule has 0 spiro atoms. The smallest absolute Gasteiger partial charge is 0.314 e. The number of hydrogen-bond donors (Lipinski definition) is 2. The van der Waals surface area contributed by atoms with E-state index in [1.165, 1.54) is 6.20 Å². The average molecular weight is 311 g/mol. The minimum atomic E-state index is -0.717. The van der Waals surface area contributed by atoms with Crippen molar-refractivity contribution in [2.75, 3.05) is 25.0 Å². The number of halogens is 1. The number of anilines is 1. The van der Waals surface area contributed by atoms with Gasteiger partial charge in [-0.1, -0.05) is 18.5 Å². The number of carbonyl (C=O) groups is 2. The molecule has 1 aliphatic rings. The van der Waals surface area contributed by atoms with E-state index in [-0.39, 0.29) is 0 Å². The predicted octanol–water partition coefficient (Wildman–Crippen LogP) is 1.27. The maximum Gasteiger partial charge on any atom is 0.314 e. The van der Waals surface area contributed by atoms with Crippen LogP contribution in [0.25, 0.3) is 0 Å². The Morgan fingerprint density at radius 1 is 1.43 bits per heavy atom. The summed E-state index contributed by atoms with van der Waals surface area (Å²) in [6.45, 7) is 4.60. The Balaban J connectivity index is 1.80. The minimum Gasteiger partial charge on any atom is -0.346 e. The predicted molar refractivity (Wildman–Crippen MR) is 81.2 cm³/mol. The van der Waals surface area contributed by atoms with Crippen LogP contribution in [0.3, 0.4) is 0 Å². The lowest BCUT2D eigenvalue weighted by Crippen LogP contribution is -2.43. The van der Waals surface area contributed by atoms with E-state index in [4.69, 9.17) is 11.6 Å². The fraction of sp³-hybridized carbons (Fsp3) is 0.500. The monoisotopic (exact) mass is 310 g/mol. The van der Waals surface area contributed by atoms with E-state index in [0.717, 1.165) is 25.9 Å². The molecule has 21 heavy (non-hydrogen) atoms. The van der Waals surface area contributed by atoms with Crippen LogP contribution in [-0.2, 0) is 9.59 Å². The molecule has 114 valence electrons. The Labute approximate surface area is 128 Å². The second kappa shape index (κ2) is 7.38. The third-order valence-corrected chi connectivity index (χ3v) is 3.80. The molecule has 2 N–H and O–H groups in total. The normalized spacial score (nSPS) is 18.5. The first-order valence-electron chi connectivity index (χ1n) is 7.05. The van der Waals surface area contributed by atoms with Crippen LogP contribution >= 0.6 is 11.6 Å². The van der Waals surface area contributed by atoms with Crippen LogP contribution in [0.5, 0.6) is 0 Å². The zero-order chi connectivity index (χ0) is 15.2. The quantitative estimate of drug-likeness (QED) is 0.822. The third-order valence-electron chi connectivity index (χ3n) is 3.58. The number of carbonyl (C=O) groups excluding carboxylic acids is 2. The maximum absolute atomic E-state index is 11.8. The molecular weight excluding hydrogens is 292 g/mol. The Bertz CT molecular complexity index is 506. The first-order valence-corrected chi connectivity index (χ1v) is 7.42. The van der Waals surface area contributed by atoms with Gasteiger partial charge >= 0.3 is 11.8 Å². The molecule has 0 aliphatic carbocycles. The molecule has 6 nitrogen and oxygen atoms in total. The molecule has 2 amide bonds. The molecule has 1 atom stereocenters. The number of hydrogen-bond acceptors (Lipinski definition) is 4. The second-order valence-electron chi connectivity index (χ2n) is 4.95. The lowest BCUT2D eigenvalue weighted by molar-refractivity contribution is -0.136. The third kappa shape index (κ3) is 4.41. The molecular formula is C14H19ClN4O2. The number of pyridine rings is 1. The molecule has 1 aliphatic heterocycles. The Morgan fingerprint density at radius 2 is 2.24 bits per heavy atom. The lowest BCUT2D eigenvalue weighted by atomic mass is 10.2. The summed E-state index contributed by atoms with van der Waals surface area (Å²) in [6, 6.07) is 3.46. The van der Waals surface area contributed by atoms with Gasteiger partial charge in [-0.2, -0.15) is 0 Å². The summed E-state index contributed by atoms with van der Waals surface area (Å²) in [5.41, 5.74) is 0. The van der Waals surface area contributed by atoms with E-state index < -0.39 is 11.8 Å². The van der Waals surface area contributed by atoms with Gasteiger partial charge in [0.05, 0.1) is 5.02 Å². The average Bonchev–Trinajstić information content (AvgIpc) is 2.94. The fourth-order valence-corrected chi connectivity index (χ4v) is 2.57. The number of amides is 2. The largest absolute Gasteiger partial charge is 0.346 e. The molecule has 1 aromatic heterocycles. The van der Waals surface area contributed by atoms with Crippen LogP contribution in [0.2, 0.25) is 5.02 Å². The first-order chi connectivity index (χ1) is 10.1. The van der Waals surface area contributed by atoms with Crippen LogP contribution in [0.15, 0.2) is 18.3 Å². The van der Waals surface area contributed by atoms with Gasteiger partial charge in [-0.15, -0.1) is 0 Å². The number of nitrogens with zero attached hydrogens (tertiary/aromatic N) is 2. The number of likely N-dealkylation sites (N-methyl/N-ethyl adjacent to an activating group) is 1. The summed E-state index contributed by atoms with van der Waals surface area (Å²) in [6.07, 6.45) is 3.59. The Morgan fingerprint density at radius 3 is 2.90 bits per heavy atom. The SMILES string of the molecule is CCN1CCC[C@@H]1CNC(=O)C(=O)Nc1ccc(Cl)cn1. The Hall–Kier alpha value is -1.66. The number of aromatic nitrogens is 1. The summed E-state index contributed by atoms with van der Waals surface area (Å²) >= 11 is 5.70. The van der Waals surface area contributed by atoms with Gasteiger partial charge in [0.15, 0.2) is 0 Å². The first kappa shape index (κ1) is 15.7. The van der Waals surface area contributed by atoms with Crippen LogP contribution in [0.1, 0.15) is 19.8 Å². The summed E-state index contributed by atoms with van der Waals surface area (Å²) in [4.78, 5) is 29.7. The van der Waals surface area contributed by atoms with Gasteiger partial charge in [0.2, 0.25) is 0 Å². The van der Waals surface area contributed by atoms with E-state index in [1.807, 2.05) is 0 Å². The van der Waals surface area contributed by atoms with Gasteiger partial charge in [-0.3, -0.25) is 14.5 Å². The van der Waals surface area contributed by atoms with Crippen LogP contribution in [0, 0.1) is 0 Å². The van der Waals surface area contributed by atoms with E-state index >= 15 is 0 Å². The highest BCUT2D eigenvalue weighted by molar-refractivity contribution is 6.39. The van der Waals surface area contributed by atoms with Crippen molar-refractivity contribution < 1.29 is 9.59 Å². The number of rotatable bonds is 4. The van der Waals surface area contributed by atoms with Crippen LogP contribution in [0.4, 0.5) is 5.82 Å². The molecule has 0 unspecified atom stereocenters. The summed E-state index contributed by atoms with van der Waals surface area (Å²) in [5.74, 6) is -1.06. The van der Waals surface area contributed by atoms with Crippen molar-refractivity contribution in [3.8, 4) is 0 Å². The second-order valence-corrected chi connectivity index (χ2v) is 5.39. The summed E-state index contributed by atoms with van der Waals surface area (Å²) in [7, 11) is 0. The highest BCUT2D eigenvalue weighted by Crippen LogP contribution is 2.15. The van der Waals surface area contributed by atoms with E-state index in [0.29, 0.717) is 23.4 Å². The molecule has 1 saturated heterocycles. The van der Waals surface area contributed by atoms with Crippen molar-refractivity contribution in [2.45, 2.75) is 25.8 Å². The zero-order valence-corrected chi connectivity index (χ0v) is 12.7. The van der Waals surface area contributed by atoms with Gasteiger partial charge in [0, 0.05) is 18.8 Å². The van der Waals surface area contributed by atoms with Crippen LogP contribution < -0.4 is 10.6 Å². The van der Waals surface area contributed by atoms with Crippen LogP contribution in [-0.4, -0.2) is 47.4 Å². The zero-order valence-electron chi connectivity index (χ0n) is 11.9. The van der Waals surface area contributed by atoms with Crippen molar-refractivity contribution in [3.05, 3.63) is 23.4 Å². The van der Waals surface area contributed by atoms with E-state index in [2.05, 4.69) is 27.4 Å². The van der Waals surface area contributed by atoms with E-state index in [9.17, 15) is 9.59 Å². The Kier molecular flexibility index (Phi) is 5.52. The van der Waals surface area contributed by atoms with Gasteiger partial charge in [-0.25, -0.2) is 4.98 Å². The molecule has 0 radical (unpaired) electrons. The van der Waals surface area contributed by atoms with Gasteiger partial charge in [0.25, 0.3) is 0 Å². The highest BCUT2D eigenvalue weighted by atomic mass is 35.5. The molecule has 2 rings (SSSR count). The van der Waals surface area contributed by atoms with Crippen molar-refractivity contribution in [3.63, 3.8) is 0 Å². The molecule has 1 fully saturated rings. The van der Waals surface area contributed by atoms with Gasteiger partial charge in [0.1, 0.15) is 5.82 Å². The van der Waals surface area contributed by atoms with E-state index in [1.54, 1.807) is 12.1 Å². The maximum atomic E-state index is 11.8. The lowest BCUT2D eigenvalue weighted by Gasteiger charge is -2.22. The highest BCUT2D eigenvalue weighted by Gasteiger charge is 2.24. The standard InChI is InChI=1S/C14H19ClN4O2/c1-2-19-7-3-4-11(19)9-17-13(20)14(21)18-12-6-5-10(15)8-16-12/h5-6,8,11H,2-4,7,9H2,1H3,(H,17,20)(H,16,18,21)/t11-/m1/s1. The molecule has 0 bridgehead atoms. The van der Waals surface area contributed by atoms with Gasteiger partial charge < -0.3 is 10.6 Å². The fourth-order valence-electron chi connectivity index (χ4n) is 2.46. The molecule has 2 heterocycles. The summed E-state index contributed by atoms with van der Waals surface area (Å²) < 4.78 is 0. The topological polar surface area (TPSA) is 74.3 Å².